The molecule has 1 atom stereocenters. The van der Waals surface area contributed by atoms with E-state index in [-0.39, 0.29) is 5.91 Å². The molecule has 4 nitrogen and oxygen atoms in total. The van der Waals surface area contributed by atoms with E-state index < -0.39 is 0 Å². The zero-order chi connectivity index (χ0) is 13.2. The molecule has 1 amide bonds. The zero-order valence-electron chi connectivity index (χ0n) is 10.8. The third-order valence-corrected chi connectivity index (χ3v) is 3.48. The Kier molecular flexibility index (Phi) is 2.99. The largest absolute Gasteiger partial charge is 0.350 e. The van der Waals surface area contributed by atoms with Gasteiger partial charge in [0.25, 0.3) is 5.91 Å². The Morgan fingerprint density at radius 2 is 2.16 bits per heavy atom. The van der Waals surface area contributed by atoms with E-state index in [2.05, 4.69) is 33.5 Å². The van der Waals surface area contributed by atoms with Gasteiger partial charge in [0.1, 0.15) is 5.69 Å². The third-order valence-electron chi connectivity index (χ3n) is 3.48. The molecule has 2 aromatic rings. The fraction of sp³-hybridized carbons (Fsp3) is 0.267. The third kappa shape index (κ3) is 2.34. The molecule has 3 rings (SSSR count). The Morgan fingerprint density at radius 1 is 1.32 bits per heavy atom. The van der Waals surface area contributed by atoms with E-state index >= 15 is 0 Å². The van der Waals surface area contributed by atoms with Gasteiger partial charge in [-0.25, -0.2) is 4.98 Å². The number of hydrogen-bond donors (Lipinski definition) is 1. The van der Waals surface area contributed by atoms with Crippen molar-refractivity contribution in [3.05, 3.63) is 59.2 Å². The lowest BCUT2D eigenvalue weighted by atomic mass is 9.77. The SMILES string of the molecule is Cc1cnc(C(=O)NC[C@H]2Cc3ccccc32)cn1. The van der Waals surface area contributed by atoms with Crippen molar-refractivity contribution in [1.29, 1.82) is 0 Å². The van der Waals surface area contributed by atoms with Gasteiger partial charge in [0.15, 0.2) is 0 Å². The molecule has 1 N–H and O–H groups in total. The molecule has 0 bridgehead atoms. The molecule has 1 heterocycles. The Balaban J connectivity index is 1.59. The maximum absolute atomic E-state index is 11.9. The van der Waals surface area contributed by atoms with Gasteiger partial charge < -0.3 is 5.32 Å². The van der Waals surface area contributed by atoms with Crippen molar-refractivity contribution in [1.82, 2.24) is 15.3 Å². The van der Waals surface area contributed by atoms with Crippen LogP contribution in [-0.4, -0.2) is 22.4 Å². The normalized spacial score (nSPS) is 16.4. The number of amides is 1. The van der Waals surface area contributed by atoms with E-state index in [4.69, 9.17) is 0 Å². The van der Waals surface area contributed by atoms with Gasteiger partial charge >= 0.3 is 0 Å². The first-order valence-corrected chi connectivity index (χ1v) is 6.38. The fourth-order valence-corrected chi connectivity index (χ4v) is 2.36. The van der Waals surface area contributed by atoms with Crippen LogP contribution >= 0.6 is 0 Å². The predicted octanol–water partition coefficient (Wildman–Crippen LogP) is 1.85. The molecule has 1 aliphatic carbocycles. The first-order chi connectivity index (χ1) is 9.24. The zero-order valence-corrected chi connectivity index (χ0v) is 10.8. The highest BCUT2D eigenvalue weighted by Crippen LogP contribution is 2.33. The number of hydrogen-bond acceptors (Lipinski definition) is 3. The van der Waals surface area contributed by atoms with Crippen LogP contribution in [0.2, 0.25) is 0 Å². The lowest BCUT2D eigenvalue weighted by Gasteiger charge is -2.30. The second kappa shape index (κ2) is 4.80. The van der Waals surface area contributed by atoms with Gasteiger partial charge in [-0.3, -0.25) is 9.78 Å². The number of nitrogens with one attached hydrogen (secondary N) is 1. The van der Waals surface area contributed by atoms with Gasteiger partial charge in [-0.1, -0.05) is 24.3 Å². The van der Waals surface area contributed by atoms with Gasteiger partial charge in [0, 0.05) is 18.7 Å². The quantitative estimate of drug-likeness (QED) is 0.908. The highest BCUT2D eigenvalue weighted by Gasteiger charge is 2.25. The summed E-state index contributed by atoms with van der Waals surface area (Å²) in [6.45, 7) is 2.51. The number of carbonyl (C=O) groups is 1. The van der Waals surface area contributed by atoms with E-state index in [1.54, 1.807) is 6.20 Å². The molecule has 0 saturated carbocycles. The van der Waals surface area contributed by atoms with Gasteiger partial charge in [-0.15, -0.1) is 0 Å². The van der Waals surface area contributed by atoms with Gasteiger partial charge in [-0.05, 0) is 24.5 Å². The molecule has 19 heavy (non-hydrogen) atoms. The summed E-state index contributed by atoms with van der Waals surface area (Å²) in [6, 6.07) is 8.36. The first-order valence-electron chi connectivity index (χ1n) is 6.38. The summed E-state index contributed by atoms with van der Waals surface area (Å²) in [5.74, 6) is 0.274. The summed E-state index contributed by atoms with van der Waals surface area (Å²) >= 11 is 0. The van der Waals surface area contributed by atoms with Crippen LogP contribution in [0, 0.1) is 6.92 Å². The van der Waals surface area contributed by atoms with E-state index in [0.29, 0.717) is 18.2 Å². The number of fused-ring (bicyclic) bond motifs is 1. The van der Waals surface area contributed by atoms with Crippen LogP contribution in [0.3, 0.4) is 0 Å². The molecule has 0 unspecified atom stereocenters. The molecule has 4 heteroatoms. The summed E-state index contributed by atoms with van der Waals surface area (Å²) in [4.78, 5) is 20.0. The number of aromatic nitrogens is 2. The lowest BCUT2D eigenvalue weighted by Crippen LogP contribution is -2.33. The average molecular weight is 253 g/mol. The Bertz CT molecular complexity index is 607. The van der Waals surface area contributed by atoms with Crippen molar-refractivity contribution in [3.8, 4) is 0 Å². The maximum atomic E-state index is 11.9. The summed E-state index contributed by atoms with van der Waals surface area (Å²) in [5.41, 5.74) is 3.91. The molecule has 0 saturated heterocycles. The van der Waals surface area contributed by atoms with Crippen molar-refractivity contribution < 1.29 is 4.79 Å². The second-order valence-corrected chi connectivity index (χ2v) is 4.85. The van der Waals surface area contributed by atoms with Crippen LogP contribution in [0.5, 0.6) is 0 Å². The number of carbonyl (C=O) groups excluding carboxylic acids is 1. The predicted molar refractivity (Wildman–Crippen MR) is 72.0 cm³/mol. The first kappa shape index (κ1) is 11.8. The summed E-state index contributed by atoms with van der Waals surface area (Å²) in [7, 11) is 0. The van der Waals surface area contributed by atoms with Gasteiger partial charge in [0.05, 0.1) is 11.9 Å². The number of nitrogens with zero attached hydrogens (tertiary/aromatic N) is 2. The summed E-state index contributed by atoms with van der Waals surface area (Å²) in [6.07, 6.45) is 4.16. The van der Waals surface area contributed by atoms with Crippen molar-refractivity contribution in [2.45, 2.75) is 19.3 Å². The monoisotopic (exact) mass is 253 g/mol. The van der Waals surface area contributed by atoms with Crippen molar-refractivity contribution >= 4 is 5.91 Å². The van der Waals surface area contributed by atoms with Gasteiger partial charge in [0.2, 0.25) is 0 Å². The molecule has 1 aliphatic rings. The molecular formula is C15H15N3O. The Morgan fingerprint density at radius 3 is 2.89 bits per heavy atom. The van der Waals surface area contributed by atoms with Crippen LogP contribution in [-0.2, 0) is 6.42 Å². The van der Waals surface area contributed by atoms with Gasteiger partial charge in [-0.2, -0.15) is 0 Å². The van der Waals surface area contributed by atoms with Crippen LogP contribution in [0.25, 0.3) is 0 Å². The van der Waals surface area contributed by atoms with Crippen LogP contribution in [0.4, 0.5) is 0 Å². The van der Waals surface area contributed by atoms with Crippen molar-refractivity contribution in [3.63, 3.8) is 0 Å². The molecule has 0 fully saturated rings. The van der Waals surface area contributed by atoms with Crippen molar-refractivity contribution in [2.24, 2.45) is 0 Å². The van der Waals surface area contributed by atoms with Crippen LogP contribution < -0.4 is 5.32 Å². The smallest absolute Gasteiger partial charge is 0.271 e. The number of aryl methyl sites for hydroxylation is 1. The second-order valence-electron chi connectivity index (χ2n) is 4.85. The Hall–Kier alpha value is -2.23. The minimum atomic E-state index is -0.156. The molecule has 0 spiro atoms. The highest BCUT2D eigenvalue weighted by atomic mass is 16.1. The molecule has 0 aliphatic heterocycles. The molecular weight excluding hydrogens is 238 g/mol. The summed E-state index contributed by atoms with van der Waals surface area (Å²) in [5, 5.41) is 2.92. The van der Waals surface area contributed by atoms with E-state index in [1.807, 2.05) is 13.0 Å². The maximum Gasteiger partial charge on any atom is 0.271 e. The van der Waals surface area contributed by atoms with E-state index in [9.17, 15) is 4.79 Å². The topological polar surface area (TPSA) is 54.9 Å². The summed E-state index contributed by atoms with van der Waals surface area (Å²) < 4.78 is 0. The number of benzene rings is 1. The highest BCUT2D eigenvalue weighted by molar-refractivity contribution is 5.91. The van der Waals surface area contributed by atoms with E-state index in [1.165, 1.54) is 17.3 Å². The van der Waals surface area contributed by atoms with E-state index in [0.717, 1.165) is 12.1 Å². The molecule has 1 aromatic heterocycles. The average Bonchev–Trinajstić information content (AvgIpc) is 2.40. The lowest BCUT2D eigenvalue weighted by molar-refractivity contribution is 0.0944. The molecule has 96 valence electrons. The number of rotatable bonds is 3. The molecule has 0 radical (unpaired) electrons. The van der Waals surface area contributed by atoms with Crippen LogP contribution in [0.1, 0.15) is 33.2 Å². The molecule has 1 aromatic carbocycles. The van der Waals surface area contributed by atoms with Crippen molar-refractivity contribution in [2.75, 3.05) is 6.54 Å². The van der Waals surface area contributed by atoms with Crippen LogP contribution in [0.15, 0.2) is 36.7 Å². The Labute approximate surface area is 111 Å². The standard InChI is InChI=1S/C15H15N3O/c1-10-7-17-14(9-16-10)15(19)18-8-12-6-11-4-2-3-5-13(11)12/h2-5,7,9,12H,6,8H2,1H3,(H,18,19)/t12-/m1/s1. The minimum Gasteiger partial charge on any atom is -0.350 e. The minimum absolute atomic E-state index is 0.156. The fourth-order valence-electron chi connectivity index (χ4n) is 2.36.